The second-order valence-corrected chi connectivity index (χ2v) is 4.36. The van der Waals surface area contributed by atoms with Crippen molar-refractivity contribution in [3.63, 3.8) is 0 Å². The van der Waals surface area contributed by atoms with Crippen LogP contribution < -0.4 is 9.47 Å². The van der Waals surface area contributed by atoms with Gasteiger partial charge in [0.1, 0.15) is 6.61 Å². The molecular weight excluding hydrogens is 268 g/mol. The third-order valence-electron chi connectivity index (χ3n) is 2.84. The van der Waals surface area contributed by atoms with Crippen LogP contribution in [0.15, 0.2) is 54.6 Å². The Morgan fingerprint density at radius 1 is 1.14 bits per heavy atom. The Balaban J connectivity index is 2.11. The van der Waals surface area contributed by atoms with Gasteiger partial charge in [-0.2, -0.15) is 0 Å². The first-order chi connectivity index (χ1) is 10.2. The summed E-state index contributed by atoms with van der Waals surface area (Å²) in [4.78, 5) is 10.5. The molecule has 0 spiro atoms. The minimum Gasteiger partial charge on any atom is -0.493 e. The summed E-state index contributed by atoms with van der Waals surface area (Å²) in [6.45, 7) is 0.446. The highest BCUT2D eigenvalue weighted by atomic mass is 16.5. The monoisotopic (exact) mass is 284 g/mol. The van der Waals surface area contributed by atoms with Crippen molar-refractivity contribution in [2.24, 2.45) is 0 Å². The molecule has 0 bridgehead atoms. The van der Waals surface area contributed by atoms with Gasteiger partial charge < -0.3 is 14.6 Å². The van der Waals surface area contributed by atoms with E-state index < -0.39 is 5.97 Å². The van der Waals surface area contributed by atoms with Crippen LogP contribution in [0.3, 0.4) is 0 Å². The van der Waals surface area contributed by atoms with Crippen LogP contribution >= 0.6 is 0 Å². The van der Waals surface area contributed by atoms with Gasteiger partial charge in [0.05, 0.1) is 7.11 Å². The largest absolute Gasteiger partial charge is 0.493 e. The molecule has 0 amide bonds. The lowest BCUT2D eigenvalue weighted by atomic mass is 10.2. The van der Waals surface area contributed by atoms with E-state index in [0.717, 1.165) is 17.2 Å². The van der Waals surface area contributed by atoms with E-state index in [1.807, 2.05) is 30.3 Å². The summed E-state index contributed by atoms with van der Waals surface area (Å²) >= 11 is 0. The van der Waals surface area contributed by atoms with Crippen molar-refractivity contribution >= 4 is 12.0 Å². The van der Waals surface area contributed by atoms with E-state index in [-0.39, 0.29) is 0 Å². The Morgan fingerprint density at radius 2 is 1.90 bits per heavy atom. The Labute approximate surface area is 123 Å². The Bertz CT molecular complexity index is 632. The van der Waals surface area contributed by atoms with Crippen LogP contribution in [0.4, 0.5) is 0 Å². The van der Waals surface area contributed by atoms with Crippen molar-refractivity contribution < 1.29 is 19.4 Å². The van der Waals surface area contributed by atoms with Gasteiger partial charge in [-0.3, -0.25) is 0 Å². The number of rotatable bonds is 6. The van der Waals surface area contributed by atoms with Crippen LogP contribution in [0.25, 0.3) is 6.08 Å². The van der Waals surface area contributed by atoms with Crippen LogP contribution in [-0.4, -0.2) is 18.2 Å². The van der Waals surface area contributed by atoms with Crippen molar-refractivity contribution in [2.45, 2.75) is 6.61 Å². The first kappa shape index (κ1) is 14.7. The third-order valence-corrected chi connectivity index (χ3v) is 2.84. The van der Waals surface area contributed by atoms with Crippen LogP contribution in [0, 0.1) is 0 Å². The van der Waals surface area contributed by atoms with Gasteiger partial charge in [-0.1, -0.05) is 36.4 Å². The molecule has 0 aliphatic heterocycles. The van der Waals surface area contributed by atoms with E-state index in [1.165, 1.54) is 6.08 Å². The second-order valence-electron chi connectivity index (χ2n) is 4.36. The van der Waals surface area contributed by atoms with E-state index in [9.17, 15) is 4.79 Å². The summed E-state index contributed by atoms with van der Waals surface area (Å²) in [7, 11) is 1.55. The van der Waals surface area contributed by atoms with Gasteiger partial charge in [0.25, 0.3) is 0 Å². The molecule has 0 aliphatic carbocycles. The molecular formula is C17H16O4. The lowest BCUT2D eigenvalue weighted by molar-refractivity contribution is -0.131. The first-order valence-corrected chi connectivity index (χ1v) is 6.45. The van der Waals surface area contributed by atoms with Crippen LogP contribution in [-0.2, 0) is 11.4 Å². The molecule has 21 heavy (non-hydrogen) atoms. The van der Waals surface area contributed by atoms with Gasteiger partial charge in [0, 0.05) is 6.08 Å². The van der Waals surface area contributed by atoms with Crippen molar-refractivity contribution in [3.8, 4) is 11.5 Å². The number of aliphatic carboxylic acids is 1. The molecule has 0 saturated carbocycles. The van der Waals surface area contributed by atoms with E-state index >= 15 is 0 Å². The third kappa shape index (κ3) is 4.38. The van der Waals surface area contributed by atoms with Gasteiger partial charge in [-0.05, 0) is 29.3 Å². The predicted molar refractivity (Wildman–Crippen MR) is 80.4 cm³/mol. The maximum atomic E-state index is 10.5. The zero-order chi connectivity index (χ0) is 15.1. The quantitative estimate of drug-likeness (QED) is 0.826. The summed E-state index contributed by atoms with van der Waals surface area (Å²) in [6.07, 6.45) is 2.59. The SMILES string of the molecule is COc1cc(/C=C\C(=O)O)ccc1OCc1ccccc1. The number of hydrogen-bond donors (Lipinski definition) is 1. The smallest absolute Gasteiger partial charge is 0.328 e. The average molecular weight is 284 g/mol. The molecule has 108 valence electrons. The molecule has 2 aromatic rings. The highest BCUT2D eigenvalue weighted by Gasteiger charge is 2.05. The van der Waals surface area contributed by atoms with Gasteiger partial charge >= 0.3 is 5.97 Å². The zero-order valence-corrected chi connectivity index (χ0v) is 11.7. The van der Waals surface area contributed by atoms with Crippen molar-refractivity contribution in [3.05, 3.63) is 65.7 Å². The van der Waals surface area contributed by atoms with Crippen molar-refractivity contribution in [1.82, 2.24) is 0 Å². The standard InChI is InChI=1S/C17H16O4/c1-20-16-11-13(8-10-17(18)19)7-9-15(16)21-12-14-5-3-2-4-6-14/h2-11H,12H2,1H3,(H,18,19)/b10-8-. The molecule has 4 nitrogen and oxygen atoms in total. The molecule has 0 unspecified atom stereocenters. The highest BCUT2D eigenvalue weighted by Crippen LogP contribution is 2.29. The molecule has 2 rings (SSSR count). The number of benzene rings is 2. The Kier molecular flexibility index (Phi) is 4.99. The maximum absolute atomic E-state index is 10.5. The number of carboxylic acids is 1. The normalized spacial score (nSPS) is 10.5. The summed E-state index contributed by atoms with van der Waals surface area (Å²) in [5, 5.41) is 8.62. The topological polar surface area (TPSA) is 55.8 Å². The molecule has 1 N–H and O–H groups in total. The Morgan fingerprint density at radius 3 is 2.57 bits per heavy atom. The lowest BCUT2D eigenvalue weighted by Gasteiger charge is -2.11. The molecule has 0 aliphatic rings. The fourth-order valence-electron chi connectivity index (χ4n) is 1.81. The highest BCUT2D eigenvalue weighted by molar-refractivity contribution is 5.85. The summed E-state index contributed by atoms with van der Waals surface area (Å²) in [6, 6.07) is 15.1. The summed E-state index contributed by atoms with van der Waals surface area (Å²) in [5.41, 5.74) is 1.80. The molecule has 0 saturated heterocycles. The molecule has 0 aromatic heterocycles. The first-order valence-electron chi connectivity index (χ1n) is 6.45. The fraction of sp³-hybridized carbons (Fsp3) is 0.118. The minimum atomic E-state index is -0.988. The van der Waals surface area contributed by atoms with E-state index in [4.69, 9.17) is 14.6 Å². The number of methoxy groups -OCH3 is 1. The summed E-state index contributed by atoms with van der Waals surface area (Å²) < 4.78 is 11.0. The molecule has 0 atom stereocenters. The van der Waals surface area contributed by atoms with E-state index in [2.05, 4.69) is 0 Å². The molecule has 0 fully saturated rings. The van der Waals surface area contributed by atoms with Crippen molar-refractivity contribution in [2.75, 3.05) is 7.11 Å². The van der Waals surface area contributed by atoms with Gasteiger partial charge in [0.15, 0.2) is 11.5 Å². The summed E-state index contributed by atoms with van der Waals surface area (Å²) in [5.74, 6) is 0.200. The second kappa shape index (κ2) is 7.14. The molecule has 0 radical (unpaired) electrons. The predicted octanol–water partition coefficient (Wildman–Crippen LogP) is 3.37. The van der Waals surface area contributed by atoms with Gasteiger partial charge in [-0.15, -0.1) is 0 Å². The van der Waals surface area contributed by atoms with Crippen molar-refractivity contribution in [1.29, 1.82) is 0 Å². The fourth-order valence-corrected chi connectivity index (χ4v) is 1.81. The van der Waals surface area contributed by atoms with E-state index in [0.29, 0.717) is 18.1 Å². The van der Waals surface area contributed by atoms with Crippen LogP contribution in [0.1, 0.15) is 11.1 Å². The maximum Gasteiger partial charge on any atom is 0.328 e. The zero-order valence-electron chi connectivity index (χ0n) is 11.7. The number of carbonyl (C=O) groups is 1. The number of carboxylic acid groups (broad SMARTS) is 1. The van der Waals surface area contributed by atoms with Gasteiger partial charge in [-0.25, -0.2) is 4.79 Å². The molecule has 4 heteroatoms. The molecule has 2 aromatic carbocycles. The average Bonchev–Trinajstić information content (AvgIpc) is 2.52. The van der Waals surface area contributed by atoms with Crippen LogP contribution in [0.5, 0.6) is 11.5 Å². The lowest BCUT2D eigenvalue weighted by Crippen LogP contribution is -1.97. The van der Waals surface area contributed by atoms with E-state index in [1.54, 1.807) is 25.3 Å². The number of hydrogen-bond acceptors (Lipinski definition) is 3. The minimum absolute atomic E-state index is 0.446. The van der Waals surface area contributed by atoms with Crippen LogP contribution in [0.2, 0.25) is 0 Å². The molecule has 0 heterocycles. The Hall–Kier alpha value is -2.75. The number of ether oxygens (including phenoxy) is 2. The van der Waals surface area contributed by atoms with Gasteiger partial charge in [0.2, 0.25) is 0 Å².